The van der Waals surface area contributed by atoms with Gasteiger partial charge in [0.2, 0.25) is 0 Å². The minimum atomic E-state index is -1.83. The highest BCUT2D eigenvalue weighted by molar-refractivity contribution is 5.91. The summed E-state index contributed by atoms with van der Waals surface area (Å²) in [6.07, 6.45) is 2.12. The largest absolute Gasteiger partial charge is 0.503 e. The Labute approximate surface area is 186 Å². The Balaban J connectivity index is 0.000000515. The normalized spacial score (nSPS) is 9.31. The van der Waals surface area contributed by atoms with Crippen molar-refractivity contribution in [1.29, 1.82) is 0 Å². The Hall–Kier alpha value is -3.75. The van der Waals surface area contributed by atoms with Gasteiger partial charge in [0.25, 0.3) is 0 Å². The molecule has 0 aromatic heterocycles. The molecule has 0 amide bonds. The van der Waals surface area contributed by atoms with Gasteiger partial charge in [-0.3, -0.25) is 0 Å². The molecule has 0 bridgehead atoms. The van der Waals surface area contributed by atoms with E-state index in [-0.39, 0.29) is 11.1 Å². The van der Waals surface area contributed by atoms with Crippen LogP contribution in [0.4, 0.5) is 4.79 Å². The second-order valence-electron chi connectivity index (χ2n) is 6.29. The number of aromatic carboxylic acids is 2. The van der Waals surface area contributed by atoms with Gasteiger partial charge in [-0.05, 0) is 37.1 Å². The number of rotatable bonds is 10. The first-order valence-corrected chi connectivity index (χ1v) is 10.1. The van der Waals surface area contributed by atoms with Gasteiger partial charge in [-0.2, -0.15) is 0 Å². The number of unbranched alkanes of at least 4 members (excludes halogenated alkanes) is 2. The van der Waals surface area contributed by atoms with Gasteiger partial charge < -0.3 is 29.9 Å². The number of hydrogen-bond acceptors (Lipinski definition) is 5. The molecule has 0 aliphatic carbocycles. The van der Waals surface area contributed by atoms with Crippen molar-refractivity contribution in [2.45, 2.75) is 39.5 Å². The Morgan fingerprint density at radius 3 is 1.25 bits per heavy atom. The molecule has 9 nitrogen and oxygen atoms in total. The third kappa shape index (κ3) is 12.7. The smallest absolute Gasteiger partial charge is 0.493 e. The number of carboxylic acid groups (broad SMARTS) is 4. The highest BCUT2D eigenvalue weighted by Crippen LogP contribution is 2.18. The van der Waals surface area contributed by atoms with Crippen molar-refractivity contribution < 1.29 is 44.3 Å². The summed E-state index contributed by atoms with van der Waals surface area (Å²) in [6, 6.07) is 13.4. The number of benzene rings is 2. The van der Waals surface area contributed by atoms with Crippen LogP contribution >= 0.6 is 0 Å². The van der Waals surface area contributed by atoms with Crippen LogP contribution in [0.25, 0.3) is 0 Å². The van der Waals surface area contributed by atoms with Gasteiger partial charge in [0.15, 0.2) is 0 Å². The first-order chi connectivity index (χ1) is 15.2. The van der Waals surface area contributed by atoms with E-state index in [0.29, 0.717) is 24.7 Å². The molecule has 0 saturated heterocycles. The van der Waals surface area contributed by atoms with Crippen molar-refractivity contribution in [3.05, 3.63) is 59.7 Å². The van der Waals surface area contributed by atoms with Crippen LogP contribution in [0, 0.1) is 0 Å². The molecule has 0 aliphatic heterocycles. The van der Waals surface area contributed by atoms with Crippen LogP contribution < -0.4 is 9.47 Å². The zero-order chi connectivity index (χ0) is 24.4. The van der Waals surface area contributed by atoms with Crippen molar-refractivity contribution in [3.63, 3.8) is 0 Å². The van der Waals surface area contributed by atoms with E-state index in [0.717, 1.165) is 25.7 Å². The van der Waals surface area contributed by atoms with Crippen molar-refractivity contribution in [3.8, 4) is 11.5 Å². The van der Waals surface area contributed by atoms with Crippen LogP contribution in [0.15, 0.2) is 48.5 Å². The quantitative estimate of drug-likeness (QED) is 0.351. The van der Waals surface area contributed by atoms with E-state index in [9.17, 15) is 9.59 Å². The Bertz CT molecular complexity index is 766. The molecule has 0 heterocycles. The fourth-order valence-corrected chi connectivity index (χ4v) is 2.19. The topological polar surface area (TPSA) is 151 Å². The molecule has 0 unspecified atom stereocenters. The van der Waals surface area contributed by atoms with Gasteiger partial charge >= 0.3 is 18.1 Å². The van der Waals surface area contributed by atoms with Gasteiger partial charge in [-0.1, -0.05) is 51.0 Å². The van der Waals surface area contributed by atoms with E-state index in [1.165, 1.54) is 0 Å². The molecule has 0 fully saturated rings. The summed E-state index contributed by atoms with van der Waals surface area (Å²) in [7, 11) is 0. The second-order valence-corrected chi connectivity index (χ2v) is 6.29. The molecule has 0 saturated carbocycles. The third-order valence-electron chi connectivity index (χ3n) is 3.75. The van der Waals surface area contributed by atoms with E-state index in [2.05, 4.69) is 13.8 Å². The fraction of sp³-hybridized carbons (Fsp3) is 0.348. The zero-order valence-electron chi connectivity index (χ0n) is 18.2. The summed E-state index contributed by atoms with van der Waals surface area (Å²) < 4.78 is 10.7. The molecule has 2 aromatic rings. The summed E-state index contributed by atoms with van der Waals surface area (Å²) in [5, 5.41) is 31.6. The Morgan fingerprint density at radius 2 is 0.969 bits per heavy atom. The van der Waals surface area contributed by atoms with Crippen LogP contribution in [0.5, 0.6) is 11.5 Å². The van der Waals surface area contributed by atoms with Crippen LogP contribution in [0.2, 0.25) is 0 Å². The minimum absolute atomic E-state index is 0.226. The van der Waals surface area contributed by atoms with Gasteiger partial charge in [0, 0.05) is 0 Å². The molecule has 9 heteroatoms. The summed E-state index contributed by atoms with van der Waals surface area (Å²) in [4.78, 5) is 30.1. The molecule has 0 aliphatic rings. The van der Waals surface area contributed by atoms with Crippen LogP contribution in [-0.4, -0.2) is 51.7 Å². The highest BCUT2D eigenvalue weighted by atomic mass is 16.6. The third-order valence-corrected chi connectivity index (χ3v) is 3.75. The number of hydrogen-bond donors (Lipinski definition) is 4. The average molecular weight is 450 g/mol. The standard InChI is InChI=1S/2C11H14O3.CH2O3/c2*1-2-3-8-14-10-7-5-4-6-9(10)11(12)13;2-1(3)4/h2*4-7H,2-3,8H2,1H3,(H,12,13);(H2,2,3,4). The van der Waals surface area contributed by atoms with Crippen LogP contribution in [-0.2, 0) is 0 Å². The SMILES string of the molecule is CCCCOc1ccccc1C(=O)O.CCCCOc1ccccc1C(=O)O.O=C(O)O. The monoisotopic (exact) mass is 450 g/mol. The molecule has 0 radical (unpaired) electrons. The highest BCUT2D eigenvalue weighted by Gasteiger charge is 2.10. The maximum Gasteiger partial charge on any atom is 0.503 e. The fourth-order valence-electron chi connectivity index (χ4n) is 2.19. The molecular formula is C23H30O9. The first kappa shape index (κ1) is 28.2. The lowest BCUT2D eigenvalue weighted by atomic mass is 10.2. The zero-order valence-corrected chi connectivity index (χ0v) is 18.2. The van der Waals surface area contributed by atoms with Gasteiger partial charge in [0.1, 0.15) is 22.6 Å². The summed E-state index contributed by atoms with van der Waals surface area (Å²) in [5.74, 6) is -0.990. The maximum atomic E-state index is 10.8. The number of para-hydroxylation sites is 2. The first-order valence-electron chi connectivity index (χ1n) is 10.1. The molecule has 0 spiro atoms. The van der Waals surface area contributed by atoms with Gasteiger partial charge in [-0.15, -0.1) is 0 Å². The van der Waals surface area contributed by atoms with E-state index < -0.39 is 18.1 Å². The Morgan fingerprint density at radius 1 is 0.656 bits per heavy atom. The summed E-state index contributed by atoms with van der Waals surface area (Å²) in [6.45, 7) is 5.26. The van der Waals surface area contributed by atoms with Gasteiger partial charge in [0.05, 0.1) is 13.2 Å². The Kier molecular flexibility index (Phi) is 15.0. The lowest BCUT2D eigenvalue weighted by molar-refractivity contribution is 0.0681. The van der Waals surface area contributed by atoms with E-state index in [1.54, 1.807) is 48.5 Å². The summed E-state index contributed by atoms with van der Waals surface area (Å²) >= 11 is 0. The van der Waals surface area contributed by atoms with Crippen molar-refractivity contribution in [2.24, 2.45) is 0 Å². The average Bonchev–Trinajstić information content (AvgIpc) is 2.75. The molecule has 4 N–H and O–H groups in total. The molecule has 176 valence electrons. The van der Waals surface area contributed by atoms with Gasteiger partial charge in [-0.25, -0.2) is 14.4 Å². The predicted octanol–water partition coefficient (Wildman–Crippen LogP) is 5.35. The van der Waals surface area contributed by atoms with Crippen molar-refractivity contribution in [1.82, 2.24) is 0 Å². The maximum absolute atomic E-state index is 10.8. The van der Waals surface area contributed by atoms with E-state index >= 15 is 0 Å². The van der Waals surface area contributed by atoms with Crippen molar-refractivity contribution >= 4 is 18.1 Å². The summed E-state index contributed by atoms with van der Waals surface area (Å²) in [5.41, 5.74) is 0.451. The van der Waals surface area contributed by atoms with E-state index in [1.807, 2.05) is 0 Å². The van der Waals surface area contributed by atoms with Crippen LogP contribution in [0.3, 0.4) is 0 Å². The predicted molar refractivity (Wildman–Crippen MR) is 118 cm³/mol. The lowest BCUT2D eigenvalue weighted by Crippen LogP contribution is -2.03. The number of ether oxygens (including phenoxy) is 2. The van der Waals surface area contributed by atoms with Crippen molar-refractivity contribution in [2.75, 3.05) is 13.2 Å². The van der Waals surface area contributed by atoms with Crippen LogP contribution in [0.1, 0.15) is 60.2 Å². The molecule has 0 atom stereocenters. The number of carboxylic acids is 2. The molecule has 32 heavy (non-hydrogen) atoms. The molecule has 2 rings (SSSR count). The minimum Gasteiger partial charge on any atom is -0.493 e. The lowest BCUT2D eigenvalue weighted by Gasteiger charge is -2.07. The number of carbonyl (C=O) groups is 3. The second kappa shape index (κ2) is 17.0. The molecule has 2 aromatic carbocycles. The molecular weight excluding hydrogens is 420 g/mol. The van der Waals surface area contributed by atoms with E-state index in [4.69, 9.17) is 34.7 Å².